The molecule has 0 aromatic carbocycles. The van der Waals surface area contributed by atoms with Crippen LogP contribution in [0.15, 0.2) is 24.3 Å². The molecule has 17 heavy (non-hydrogen) atoms. The molecule has 0 heterocycles. The van der Waals surface area contributed by atoms with Crippen LogP contribution in [0.2, 0.25) is 0 Å². The fraction of sp³-hybridized carbons (Fsp3) is 0.364. The first-order valence-electron chi connectivity index (χ1n) is 4.42. The van der Waals surface area contributed by atoms with Gasteiger partial charge >= 0.3 is 35.7 Å². The molecule has 0 saturated heterocycles. The SMILES string of the molecule is C=C(C)C(=O)O.C=C(C)C(=O)O.C[CH-]C.[O]=[Ti+]. The fourth-order valence-electron chi connectivity index (χ4n) is 0. The van der Waals surface area contributed by atoms with E-state index in [0.29, 0.717) is 0 Å². The number of hydrogen-bond donors (Lipinski definition) is 2. The van der Waals surface area contributed by atoms with Gasteiger partial charge in [0.1, 0.15) is 0 Å². The van der Waals surface area contributed by atoms with Gasteiger partial charge in [-0.3, -0.25) is 0 Å². The monoisotopic (exact) mass is 279 g/mol. The molecule has 2 N–H and O–H groups in total. The predicted molar refractivity (Wildman–Crippen MR) is 61.2 cm³/mol. The minimum atomic E-state index is -0.935. The normalized spacial score (nSPS) is 6.71. The Hall–Kier alpha value is -1.07. The van der Waals surface area contributed by atoms with E-state index >= 15 is 0 Å². The minimum absolute atomic E-state index is 0.176. The molecule has 5 nitrogen and oxygen atoms in total. The Balaban J connectivity index is -0.0000000727. The second-order valence-electron chi connectivity index (χ2n) is 2.75. The van der Waals surface area contributed by atoms with Crippen LogP contribution in [0.5, 0.6) is 0 Å². The van der Waals surface area contributed by atoms with E-state index in [4.69, 9.17) is 13.5 Å². The molecule has 0 unspecified atom stereocenters. The molecule has 0 aromatic heterocycles. The van der Waals surface area contributed by atoms with Crippen LogP contribution in [-0.2, 0) is 33.3 Å². The van der Waals surface area contributed by atoms with Crippen molar-refractivity contribution in [2.45, 2.75) is 27.7 Å². The number of rotatable bonds is 2. The van der Waals surface area contributed by atoms with Crippen LogP contribution in [0, 0.1) is 6.42 Å². The van der Waals surface area contributed by atoms with Crippen molar-refractivity contribution < 1.29 is 43.5 Å². The molecule has 0 spiro atoms. The van der Waals surface area contributed by atoms with E-state index in [-0.39, 0.29) is 11.1 Å². The van der Waals surface area contributed by atoms with Crippen molar-refractivity contribution in [3.05, 3.63) is 30.7 Å². The average molecular weight is 279 g/mol. The van der Waals surface area contributed by atoms with E-state index in [9.17, 15) is 9.59 Å². The molecule has 0 amide bonds. The van der Waals surface area contributed by atoms with Crippen LogP contribution in [0.3, 0.4) is 0 Å². The third kappa shape index (κ3) is 52.0. The first-order chi connectivity index (χ1) is 7.70. The number of aliphatic carboxylic acids is 2. The molecule has 0 aromatic rings. The van der Waals surface area contributed by atoms with Crippen molar-refractivity contribution in [1.82, 2.24) is 0 Å². The van der Waals surface area contributed by atoms with Gasteiger partial charge in [0.2, 0.25) is 0 Å². The first kappa shape index (κ1) is 25.0. The summed E-state index contributed by atoms with van der Waals surface area (Å²) in [6.07, 6.45) is 2.00. The van der Waals surface area contributed by atoms with Crippen molar-refractivity contribution in [3.8, 4) is 0 Å². The number of hydrogen-bond acceptors (Lipinski definition) is 3. The Labute approximate surface area is 114 Å². The van der Waals surface area contributed by atoms with Crippen LogP contribution in [0.1, 0.15) is 27.7 Å². The zero-order chi connectivity index (χ0) is 15.0. The van der Waals surface area contributed by atoms with Crippen molar-refractivity contribution in [2.24, 2.45) is 0 Å². The summed E-state index contributed by atoms with van der Waals surface area (Å²) < 4.78 is 8.25. The maximum atomic E-state index is 9.60. The van der Waals surface area contributed by atoms with Gasteiger partial charge in [-0.15, -0.1) is 0 Å². The molecule has 0 rings (SSSR count). The fourth-order valence-corrected chi connectivity index (χ4v) is 0. The Morgan fingerprint density at radius 3 is 1.00 bits per heavy atom. The molecule has 0 atom stereocenters. The van der Waals surface area contributed by atoms with E-state index in [0.717, 1.165) is 20.4 Å². The van der Waals surface area contributed by atoms with Gasteiger partial charge in [0.05, 0.1) is 0 Å². The van der Waals surface area contributed by atoms with Gasteiger partial charge in [-0.2, -0.15) is 13.8 Å². The summed E-state index contributed by atoms with van der Waals surface area (Å²) in [7, 11) is 0. The van der Waals surface area contributed by atoms with Gasteiger partial charge in [-0.05, 0) is 13.8 Å². The summed E-state index contributed by atoms with van der Waals surface area (Å²) in [5.41, 5.74) is 0.352. The van der Waals surface area contributed by atoms with Crippen molar-refractivity contribution in [2.75, 3.05) is 0 Å². The zero-order valence-electron chi connectivity index (χ0n) is 10.6. The molecule has 0 aliphatic carbocycles. The maximum absolute atomic E-state index is 9.60. The first-order valence-corrected chi connectivity index (χ1v) is 5.06. The summed E-state index contributed by atoms with van der Waals surface area (Å²) in [5, 5.41) is 15.8. The summed E-state index contributed by atoms with van der Waals surface area (Å²) in [4.78, 5) is 19.2. The number of carboxylic acid groups (broad SMARTS) is 2. The van der Waals surface area contributed by atoms with Crippen molar-refractivity contribution in [1.29, 1.82) is 0 Å². The summed E-state index contributed by atoms with van der Waals surface area (Å²) in [6, 6.07) is 0. The van der Waals surface area contributed by atoms with Crippen LogP contribution >= 0.6 is 0 Å². The Morgan fingerprint density at radius 2 is 1.00 bits per heavy atom. The quantitative estimate of drug-likeness (QED) is 0.460. The Bertz CT molecular complexity index is 200. The molecular weight excluding hydrogens is 260 g/mol. The molecule has 0 aliphatic heterocycles. The Morgan fingerprint density at radius 1 is 0.941 bits per heavy atom. The Kier molecular flexibility index (Phi) is 29.9. The average Bonchev–Trinajstić information content (AvgIpc) is 2.22. The van der Waals surface area contributed by atoms with Crippen LogP contribution in [-0.4, -0.2) is 22.2 Å². The van der Waals surface area contributed by atoms with E-state index < -0.39 is 11.9 Å². The van der Waals surface area contributed by atoms with Crippen LogP contribution < -0.4 is 0 Å². The van der Waals surface area contributed by atoms with E-state index in [1.54, 1.807) is 0 Å². The molecule has 0 bridgehead atoms. The second kappa shape index (κ2) is 20.4. The molecule has 6 heteroatoms. The standard InChI is InChI=1S/2C4H6O2.C3H7.O.Ti/c2*1-3(2)4(5)6;1-3-2;;/h2*1H2,2H3,(H,5,6);3H,1-2H3;;/q;;-1;;+1. The number of carboxylic acids is 2. The van der Waals surface area contributed by atoms with Gasteiger partial charge in [-0.25, -0.2) is 9.59 Å². The van der Waals surface area contributed by atoms with E-state index in [1.165, 1.54) is 13.8 Å². The second-order valence-corrected chi connectivity index (χ2v) is 2.75. The third-order valence-corrected chi connectivity index (χ3v) is 0.730. The van der Waals surface area contributed by atoms with Crippen molar-refractivity contribution in [3.63, 3.8) is 0 Å². The topological polar surface area (TPSA) is 91.7 Å². The molecule has 0 radical (unpaired) electrons. The number of carbonyl (C=O) groups is 2. The van der Waals surface area contributed by atoms with Gasteiger partial charge in [0, 0.05) is 11.1 Å². The molecule has 0 saturated carbocycles. The molecule has 97 valence electrons. The van der Waals surface area contributed by atoms with Gasteiger partial charge in [0.15, 0.2) is 0 Å². The van der Waals surface area contributed by atoms with Gasteiger partial charge in [0.25, 0.3) is 0 Å². The van der Waals surface area contributed by atoms with E-state index in [2.05, 4.69) is 13.2 Å². The van der Waals surface area contributed by atoms with E-state index in [1.807, 2.05) is 20.3 Å². The zero-order valence-corrected chi connectivity index (χ0v) is 12.2. The van der Waals surface area contributed by atoms with Crippen LogP contribution in [0.4, 0.5) is 0 Å². The van der Waals surface area contributed by atoms with Gasteiger partial charge < -0.3 is 16.6 Å². The molecule has 0 aliphatic rings. The predicted octanol–water partition coefficient (Wildman–Crippen LogP) is 2.40. The van der Waals surface area contributed by atoms with Gasteiger partial charge in [-0.1, -0.05) is 13.2 Å². The van der Waals surface area contributed by atoms with Crippen molar-refractivity contribution >= 4 is 11.9 Å². The summed E-state index contributed by atoms with van der Waals surface area (Å²) in [5.74, 6) is -1.87. The molecular formula is C11H19O5Ti. The third-order valence-electron chi connectivity index (χ3n) is 0.730. The molecule has 0 fully saturated rings. The van der Waals surface area contributed by atoms with Crippen LogP contribution in [0.25, 0.3) is 0 Å². The summed E-state index contributed by atoms with van der Waals surface area (Å²) in [6.45, 7) is 13.2. The summed E-state index contributed by atoms with van der Waals surface area (Å²) >= 11 is 0.750.